The summed E-state index contributed by atoms with van der Waals surface area (Å²) in [5.41, 5.74) is 4.39. The molecule has 0 aromatic heterocycles. The van der Waals surface area contributed by atoms with Crippen molar-refractivity contribution in [3.63, 3.8) is 0 Å². The van der Waals surface area contributed by atoms with Crippen LogP contribution in [-0.4, -0.2) is 11.9 Å². The Morgan fingerprint density at radius 1 is 0.846 bits per heavy atom. The van der Waals surface area contributed by atoms with E-state index in [1.54, 1.807) is 13.8 Å². The Balaban J connectivity index is 2.19. The molecule has 0 radical (unpaired) electrons. The minimum Gasteiger partial charge on any atom is -0.457 e. The number of rotatable bonds is 7. The summed E-state index contributed by atoms with van der Waals surface area (Å²) in [4.78, 5) is 23.2. The summed E-state index contributed by atoms with van der Waals surface area (Å²) in [5, 5.41) is 0. The van der Waals surface area contributed by atoms with Crippen LogP contribution in [0.15, 0.2) is 72.8 Å². The fourth-order valence-corrected chi connectivity index (χ4v) is 2.30. The summed E-state index contributed by atoms with van der Waals surface area (Å²) in [7, 11) is 0. The third-order valence-corrected chi connectivity index (χ3v) is 3.68. The summed E-state index contributed by atoms with van der Waals surface area (Å²) in [6, 6.07) is 15.4. The van der Waals surface area contributed by atoms with Gasteiger partial charge in [0, 0.05) is 11.1 Å². The predicted octanol–water partition coefficient (Wildman–Crippen LogP) is 4.59. The molecule has 4 heteroatoms. The van der Waals surface area contributed by atoms with Gasteiger partial charge < -0.3 is 9.47 Å². The van der Waals surface area contributed by atoms with Gasteiger partial charge in [0.15, 0.2) is 0 Å². The van der Waals surface area contributed by atoms with Crippen LogP contribution in [0.2, 0.25) is 0 Å². The minimum absolute atomic E-state index is 0.163. The fourth-order valence-electron chi connectivity index (χ4n) is 2.30. The van der Waals surface area contributed by atoms with E-state index in [4.69, 9.17) is 9.47 Å². The topological polar surface area (TPSA) is 52.6 Å². The molecule has 26 heavy (non-hydrogen) atoms. The van der Waals surface area contributed by atoms with E-state index in [1.165, 1.54) is 0 Å². The molecule has 134 valence electrons. The lowest BCUT2D eigenvalue weighted by Crippen LogP contribution is -2.06. The molecule has 0 aliphatic rings. The predicted molar refractivity (Wildman–Crippen MR) is 101 cm³/mol. The zero-order valence-electron chi connectivity index (χ0n) is 15.1. The average molecular weight is 350 g/mol. The van der Waals surface area contributed by atoms with E-state index in [0.29, 0.717) is 11.1 Å². The standard InChI is InChI=1S/C22H22O4/c1-15(2)21(23)25-13-17-8-7-10-18(12-17)20-11-6-5-9-19(20)14-26-22(24)16(3)4/h5-12H,1,3,13-14H2,2,4H3. The number of carbonyl (C=O) groups excluding carboxylic acids is 2. The number of hydrogen-bond donors (Lipinski definition) is 0. The molecule has 0 atom stereocenters. The van der Waals surface area contributed by atoms with Crippen molar-refractivity contribution in [2.75, 3.05) is 0 Å². The zero-order chi connectivity index (χ0) is 19.1. The zero-order valence-corrected chi connectivity index (χ0v) is 15.1. The molecule has 0 bridgehead atoms. The SMILES string of the molecule is C=C(C)C(=O)OCc1cccc(-c2ccccc2COC(=O)C(=C)C)c1. The first-order chi connectivity index (χ1) is 12.4. The van der Waals surface area contributed by atoms with Crippen molar-refractivity contribution < 1.29 is 19.1 Å². The Bertz CT molecular complexity index is 849. The lowest BCUT2D eigenvalue weighted by Gasteiger charge is -2.12. The Morgan fingerprint density at radius 2 is 1.46 bits per heavy atom. The Labute approximate surface area is 153 Å². The van der Waals surface area contributed by atoms with Crippen molar-refractivity contribution in [2.24, 2.45) is 0 Å². The van der Waals surface area contributed by atoms with Gasteiger partial charge in [0.25, 0.3) is 0 Å². The van der Waals surface area contributed by atoms with Gasteiger partial charge in [-0.15, -0.1) is 0 Å². The Hall–Kier alpha value is -3.14. The molecule has 4 nitrogen and oxygen atoms in total. The van der Waals surface area contributed by atoms with Gasteiger partial charge in [-0.3, -0.25) is 0 Å². The summed E-state index contributed by atoms with van der Waals surface area (Å²) in [6.07, 6.45) is 0. The maximum Gasteiger partial charge on any atom is 0.333 e. The van der Waals surface area contributed by atoms with Crippen LogP contribution in [0.5, 0.6) is 0 Å². The van der Waals surface area contributed by atoms with Gasteiger partial charge in [-0.05, 0) is 42.2 Å². The molecule has 0 saturated carbocycles. The quantitative estimate of drug-likeness (QED) is 0.541. The van der Waals surface area contributed by atoms with Crippen LogP contribution in [-0.2, 0) is 32.3 Å². The fraction of sp³-hybridized carbons (Fsp3) is 0.182. The number of carbonyl (C=O) groups is 2. The van der Waals surface area contributed by atoms with Crippen LogP contribution in [0.4, 0.5) is 0 Å². The Kier molecular flexibility index (Phi) is 6.50. The second-order valence-electron chi connectivity index (χ2n) is 6.07. The van der Waals surface area contributed by atoms with E-state index in [9.17, 15) is 9.59 Å². The molecule has 0 spiro atoms. The van der Waals surface area contributed by atoms with Crippen molar-refractivity contribution in [1.82, 2.24) is 0 Å². The van der Waals surface area contributed by atoms with Crippen LogP contribution in [0, 0.1) is 0 Å². The highest BCUT2D eigenvalue weighted by molar-refractivity contribution is 5.87. The molecule has 2 aromatic carbocycles. The van der Waals surface area contributed by atoms with E-state index in [-0.39, 0.29) is 13.2 Å². The van der Waals surface area contributed by atoms with Gasteiger partial charge in [-0.1, -0.05) is 55.6 Å². The molecule has 0 aliphatic carbocycles. The summed E-state index contributed by atoms with van der Waals surface area (Å²) < 4.78 is 10.5. The monoisotopic (exact) mass is 350 g/mol. The van der Waals surface area contributed by atoms with Crippen LogP contribution < -0.4 is 0 Å². The van der Waals surface area contributed by atoms with Crippen molar-refractivity contribution in [3.8, 4) is 11.1 Å². The molecule has 0 heterocycles. The van der Waals surface area contributed by atoms with Crippen molar-refractivity contribution >= 4 is 11.9 Å². The lowest BCUT2D eigenvalue weighted by molar-refractivity contribution is -0.141. The van der Waals surface area contributed by atoms with Crippen LogP contribution in [0.25, 0.3) is 11.1 Å². The normalized spacial score (nSPS) is 10.1. The van der Waals surface area contributed by atoms with Gasteiger partial charge in [-0.25, -0.2) is 9.59 Å². The number of ether oxygens (including phenoxy) is 2. The first-order valence-electron chi connectivity index (χ1n) is 8.21. The van der Waals surface area contributed by atoms with Crippen molar-refractivity contribution in [2.45, 2.75) is 27.1 Å². The highest BCUT2D eigenvalue weighted by atomic mass is 16.5. The number of hydrogen-bond acceptors (Lipinski definition) is 4. The van der Waals surface area contributed by atoms with Gasteiger partial charge in [-0.2, -0.15) is 0 Å². The van der Waals surface area contributed by atoms with Gasteiger partial charge >= 0.3 is 11.9 Å². The van der Waals surface area contributed by atoms with E-state index in [1.807, 2.05) is 48.5 Å². The van der Waals surface area contributed by atoms with Crippen molar-refractivity contribution in [3.05, 3.63) is 84.0 Å². The molecule has 2 aromatic rings. The highest BCUT2D eigenvalue weighted by Crippen LogP contribution is 2.25. The first kappa shape index (κ1) is 19.2. The van der Waals surface area contributed by atoms with E-state index >= 15 is 0 Å². The van der Waals surface area contributed by atoms with Crippen LogP contribution in [0.1, 0.15) is 25.0 Å². The average Bonchev–Trinajstić information content (AvgIpc) is 2.64. The van der Waals surface area contributed by atoms with Crippen molar-refractivity contribution in [1.29, 1.82) is 0 Å². The molecule has 2 rings (SSSR count). The maximum absolute atomic E-state index is 11.6. The third kappa shape index (κ3) is 5.18. The Morgan fingerprint density at radius 3 is 2.12 bits per heavy atom. The second-order valence-corrected chi connectivity index (χ2v) is 6.07. The van der Waals surface area contributed by atoms with Crippen LogP contribution >= 0.6 is 0 Å². The largest absolute Gasteiger partial charge is 0.457 e. The molecule has 0 aliphatic heterocycles. The molecule has 0 saturated heterocycles. The van der Waals surface area contributed by atoms with E-state index in [2.05, 4.69) is 13.2 Å². The smallest absolute Gasteiger partial charge is 0.333 e. The molecule has 0 unspecified atom stereocenters. The van der Waals surface area contributed by atoms with Crippen LogP contribution in [0.3, 0.4) is 0 Å². The third-order valence-electron chi connectivity index (χ3n) is 3.68. The molecule has 0 fully saturated rings. The van der Waals surface area contributed by atoms with E-state index in [0.717, 1.165) is 22.3 Å². The lowest BCUT2D eigenvalue weighted by atomic mass is 9.98. The summed E-state index contributed by atoms with van der Waals surface area (Å²) in [5.74, 6) is -0.831. The molecule has 0 N–H and O–H groups in total. The highest BCUT2D eigenvalue weighted by Gasteiger charge is 2.10. The van der Waals surface area contributed by atoms with Gasteiger partial charge in [0.05, 0.1) is 0 Å². The van der Waals surface area contributed by atoms with Gasteiger partial charge in [0.2, 0.25) is 0 Å². The minimum atomic E-state index is -0.416. The second kappa shape index (κ2) is 8.81. The summed E-state index contributed by atoms with van der Waals surface area (Å²) in [6.45, 7) is 10.7. The molecule has 0 amide bonds. The maximum atomic E-state index is 11.6. The van der Waals surface area contributed by atoms with Gasteiger partial charge in [0.1, 0.15) is 13.2 Å². The molecular formula is C22H22O4. The number of esters is 2. The first-order valence-corrected chi connectivity index (χ1v) is 8.21. The summed E-state index contributed by atoms with van der Waals surface area (Å²) >= 11 is 0. The van der Waals surface area contributed by atoms with E-state index < -0.39 is 11.9 Å². The molecular weight excluding hydrogens is 328 g/mol. The number of benzene rings is 2.